The molecule has 0 saturated carbocycles. The number of amides is 1. The molecule has 0 radical (unpaired) electrons. The van der Waals surface area contributed by atoms with E-state index in [4.69, 9.17) is 4.74 Å². The lowest BCUT2D eigenvalue weighted by Crippen LogP contribution is -2.45. The number of hydrogen-bond donors (Lipinski definition) is 2. The molecule has 1 aliphatic heterocycles. The second-order valence-corrected chi connectivity index (χ2v) is 6.56. The van der Waals surface area contributed by atoms with Gasteiger partial charge in [0.2, 0.25) is 5.91 Å². The van der Waals surface area contributed by atoms with Gasteiger partial charge in [0.25, 0.3) is 0 Å². The SMILES string of the molecule is CN=C(NCc1ccc(OC)cc1OC(F)F)N1CCC(CC(=O)NC)CC1. The third-order valence-corrected chi connectivity index (χ3v) is 4.81. The van der Waals surface area contributed by atoms with Gasteiger partial charge < -0.3 is 25.0 Å². The van der Waals surface area contributed by atoms with E-state index < -0.39 is 6.61 Å². The van der Waals surface area contributed by atoms with Crippen LogP contribution in [0.15, 0.2) is 23.2 Å². The van der Waals surface area contributed by atoms with Crippen LogP contribution in [0.5, 0.6) is 11.5 Å². The zero-order chi connectivity index (χ0) is 20.5. The highest BCUT2D eigenvalue weighted by Gasteiger charge is 2.23. The minimum absolute atomic E-state index is 0.0621. The monoisotopic (exact) mass is 398 g/mol. The van der Waals surface area contributed by atoms with Gasteiger partial charge in [0, 0.05) is 51.8 Å². The first-order valence-electron chi connectivity index (χ1n) is 9.24. The molecule has 2 rings (SSSR count). The maximum Gasteiger partial charge on any atom is 0.387 e. The maximum absolute atomic E-state index is 12.7. The Labute approximate surface area is 164 Å². The number of nitrogens with zero attached hydrogens (tertiary/aromatic N) is 2. The molecule has 7 nitrogen and oxygen atoms in total. The molecular weight excluding hydrogens is 370 g/mol. The molecule has 0 aromatic heterocycles. The van der Waals surface area contributed by atoms with E-state index in [0.717, 1.165) is 25.9 Å². The smallest absolute Gasteiger partial charge is 0.387 e. The van der Waals surface area contributed by atoms with Crippen molar-refractivity contribution < 1.29 is 23.0 Å². The number of hydrogen-bond acceptors (Lipinski definition) is 4. The lowest BCUT2D eigenvalue weighted by Gasteiger charge is -2.34. The number of aliphatic imine (C=N–C) groups is 1. The predicted molar refractivity (Wildman–Crippen MR) is 103 cm³/mol. The summed E-state index contributed by atoms with van der Waals surface area (Å²) in [4.78, 5) is 17.9. The zero-order valence-corrected chi connectivity index (χ0v) is 16.5. The highest BCUT2D eigenvalue weighted by Crippen LogP contribution is 2.26. The van der Waals surface area contributed by atoms with Crippen molar-refractivity contribution in [2.75, 3.05) is 34.3 Å². The van der Waals surface area contributed by atoms with Crippen molar-refractivity contribution in [1.82, 2.24) is 15.5 Å². The number of carbonyl (C=O) groups is 1. The second kappa shape index (κ2) is 10.7. The Balaban J connectivity index is 1.95. The lowest BCUT2D eigenvalue weighted by molar-refractivity contribution is -0.121. The van der Waals surface area contributed by atoms with E-state index in [1.807, 2.05) is 0 Å². The second-order valence-electron chi connectivity index (χ2n) is 6.56. The molecule has 0 atom stereocenters. The number of carbonyl (C=O) groups excluding carboxylic acids is 1. The average Bonchev–Trinajstić information content (AvgIpc) is 2.69. The Morgan fingerprint density at radius 3 is 2.64 bits per heavy atom. The molecule has 1 aromatic carbocycles. The molecule has 1 amide bonds. The number of benzene rings is 1. The van der Waals surface area contributed by atoms with Crippen LogP contribution in [0.4, 0.5) is 8.78 Å². The molecule has 0 unspecified atom stereocenters. The summed E-state index contributed by atoms with van der Waals surface area (Å²) in [6.07, 6.45) is 2.34. The van der Waals surface area contributed by atoms with Gasteiger partial charge in [0.15, 0.2) is 5.96 Å². The molecule has 156 valence electrons. The van der Waals surface area contributed by atoms with Crippen molar-refractivity contribution in [1.29, 1.82) is 0 Å². The highest BCUT2D eigenvalue weighted by molar-refractivity contribution is 5.80. The third-order valence-electron chi connectivity index (χ3n) is 4.81. The van der Waals surface area contributed by atoms with Gasteiger partial charge in [0.1, 0.15) is 11.5 Å². The zero-order valence-electron chi connectivity index (χ0n) is 16.5. The van der Waals surface area contributed by atoms with Crippen molar-refractivity contribution in [2.24, 2.45) is 10.9 Å². The van der Waals surface area contributed by atoms with E-state index in [1.54, 1.807) is 26.2 Å². The first-order valence-corrected chi connectivity index (χ1v) is 9.24. The first-order chi connectivity index (χ1) is 13.5. The van der Waals surface area contributed by atoms with Gasteiger partial charge in [-0.15, -0.1) is 0 Å². The van der Waals surface area contributed by atoms with Gasteiger partial charge in [-0.25, -0.2) is 0 Å². The summed E-state index contributed by atoms with van der Waals surface area (Å²) >= 11 is 0. The molecule has 9 heteroatoms. The van der Waals surface area contributed by atoms with Gasteiger partial charge in [-0.3, -0.25) is 9.79 Å². The average molecular weight is 398 g/mol. The fraction of sp³-hybridized carbons (Fsp3) is 0.579. The topological polar surface area (TPSA) is 75.2 Å². The fourth-order valence-electron chi connectivity index (χ4n) is 3.23. The molecule has 1 aromatic rings. The van der Waals surface area contributed by atoms with Crippen LogP contribution in [0, 0.1) is 5.92 Å². The number of piperidine rings is 1. The summed E-state index contributed by atoms with van der Waals surface area (Å²) in [7, 11) is 4.80. The Kier molecular flexibility index (Phi) is 8.28. The minimum atomic E-state index is -2.91. The molecule has 0 aliphatic carbocycles. The van der Waals surface area contributed by atoms with Gasteiger partial charge in [-0.2, -0.15) is 8.78 Å². The van der Waals surface area contributed by atoms with E-state index in [2.05, 4.69) is 25.3 Å². The van der Waals surface area contributed by atoms with Crippen LogP contribution in [-0.4, -0.2) is 57.7 Å². The van der Waals surface area contributed by atoms with E-state index in [-0.39, 0.29) is 18.2 Å². The van der Waals surface area contributed by atoms with Crippen LogP contribution in [-0.2, 0) is 11.3 Å². The minimum Gasteiger partial charge on any atom is -0.497 e. The summed E-state index contributed by atoms with van der Waals surface area (Å²) in [6.45, 7) is -1.06. The lowest BCUT2D eigenvalue weighted by atomic mass is 9.93. The molecule has 2 N–H and O–H groups in total. The number of guanidine groups is 1. The summed E-state index contributed by atoms with van der Waals surface area (Å²) < 4.78 is 35.1. The van der Waals surface area contributed by atoms with Crippen LogP contribution in [0.3, 0.4) is 0 Å². The van der Waals surface area contributed by atoms with Crippen LogP contribution in [0.1, 0.15) is 24.8 Å². The molecule has 1 saturated heterocycles. The molecule has 1 heterocycles. The van der Waals surface area contributed by atoms with Gasteiger partial charge >= 0.3 is 6.61 Å². The number of ether oxygens (including phenoxy) is 2. The quantitative estimate of drug-likeness (QED) is 0.544. The largest absolute Gasteiger partial charge is 0.497 e. The third kappa shape index (κ3) is 6.24. The van der Waals surface area contributed by atoms with E-state index in [0.29, 0.717) is 29.6 Å². The van der Waals surface area contributed by atoms with Crippen molar-refractivity contribution in [2.45, 2.75) is 32.4 Å². The van der Waals surface area contributed by atoms with Crippen molar-refractivity contribution in [3.63, 3.8) is 0 Å². The van der Waals surface area contributed by atoms with Gasteiger partial charge in [-0.1, -0.05) is 0 Å². The number of likely N-dealkylation sites (tertiary alicyclic amines) is 1. The number of rotatable bonds is 7. The summed E-state index contributed by atoms with van der Waals surface area (Å²) in [6, 6.07) is 4.82. The summed E-state index contributed by atoms with van der Waals surface area (Å²) in [5.41, 5.74) is 0.580. The van der Waals surface area contributed by atoms with Crippen molar-refractivity contribution in [3.8, 4) is 11.5 Å². The summed E-state index contributed by atoms with van der Waals surface area (Å²) in [5.74, 6) is 1.63. The standard InChI is InChI=1S/C19H28F2N4O3/c1-22-17(26)10-13-6-8-25(9-7-13)19(23-2)24-12-14-4-5-15(27-3)11-16(14)28-18(20)21/h4-5,11,13,18H,6-10,12H2,1-3H3,(H,22,26)(H,23,24). The van der Waals surface area contributed by atoms with Gasteiger partial charge in [-0.05, 0) is 30.9 Å². The Morgan fingerprint density at radius 2 is 2.07 bits per heavy atom. The number of methoxy groups -OCH3 is 1. The Bertz CT molecular complexity index is 677. The van der Waals surface area contributed by atoms with E-state index in [1.165, 1.54) is 13.2 Å². The Morgan fingerprint density at radius 1 is 1.36 bits per heavy atom. The molecule has 1 fully saturated rings. The Hall–Kier alpha value is -2.58. The van der Waals surface area contributed by atoms with Gasteiger partial charge in [0.05, 0.1) is 7.11 Å². The normalized spacial score (nSPS) is 15.5. The van der Waals surface area contributed by atoms with E-state index >= 15 is 0 Å². The number of alkyl halides is 2. The first kappa shape index (κ1) is 21.7. The van der Waals surface area contributed by atoms with Crippen molar-refractivity contribution >= 4 is 11.9 Å². The van der Waals surface area contributed by atoms with Crippen LogP contribution in [0.2, 0.25) is 0 Å². The van der Waals surface area contributed by atoms with Crippen molar-refractivity contribution in [3.05, 3.63) is 23.8 Å². The molecule has 0 bridgehead atoms. The fourth-order valence-corrected chi connectivity index (χ4v) is 3.23. The molecule has 0 spiro atoms. The highest BCUT2D eigenvalue weighted by atomic mass is 19.3. The molecule has 28 heavy (non-hydrogen) atoms. The van der Waals surface area contributed by atoms with E-state index in [9.17, 15) is 13.6 Å². The predicted octanol–water partition coefficient (Wildman–Crippen LogP) is 2.22. The summed E-state index contributed by atoms with van der Waals surface area (Å²) in [5, 5.41) is 5.86. The van der Waals surface area contributed by atoms with Crippen LogP contribution < -0.4 is 20.1 Å². The number of halogens is 2. The number of nitrogens with one attached hydrogen (secondary N) is 2. The van der Waals surface area contributed by atoms with Crippen LogP contribution in [0.25, 0.3) is 0 Å². The van der Waals surface area contributed by atoms with Crippen LogP contribution >= 0.6 is 0 Å². The molecular formula is C19H28F2N4O3. The molecule has 1 aliphatic rings. The maximum atomic E-state index is 12.7.